The number of pyridine rings is 1. The second-order valence-electron chi connectivity index (χ2n) is 8.83. The molecule has 5 rings (SSSR count). The molecule has 1 aromatic heterocycles. The van der Waals surface area contributed by atoms with Gasteiger partial charge in [0, 0.05) is 12.2 Å². The Hall–Kier alpha value is -2.64. The van der Waals surface area contributed by atoms with Gasteiger partial charge in [-0.05, 0) is 56.1 Å². The van der Waals surface area contributed by atoms with Crippen LogP contribution in [0, 0.1) is 5.41 Å². The number of carbonyl (C=O) groups is 3. The lowest BCUT2D eigenvalue weighted by molar-refractivity contribution is -0.143. The molecule has 1 aromatic rings. The van der Waals surface area contributed by atoms with Crippen LogP contribution < -0.4 is 15.8 Å². The SMILES string of the molecule is NC(=O)c1cccnc1O[C@H]1CC2(C1)C[C@H](N1C(=O)NC3(CCCC3)C1=O)C2. The molecular formula is C20H24N4O4. The van der Waals surface area contributed by atoms with E-state index in [0.29, 0.717) is 0 Å². The largest absolute Gasteiger partial charge is 0.474 e. The van der Waals surface area contributed by atoms with E-state index in [1.54, 1.807) is 18.3 Å². The molecule has 148 valence electrons. The molecule has 28 heavy (non-hydrogen) atoms. The molecule has 0 radical (unpaired) electrons. The van der Waals surface area contributed by atoms with Gasteiger partial charge in [-0.25, -0.2) is 9.78 Å². The molecule has 1 aliphatic heterocycles. The average molecular weight is 384 g/mol. The maximum atomic E-state index is 12.9. The van der Waals surface area contributed by atoms with Crippen molar-refractivity contribution in [1.82, 2.24) is 15.2 Å². The number of nitrogens with zero attached hydrogens (tertiary/aromatic N) is 2. The third kappa shape index (κ3) is 2.50. The molecule has 3 aliphatic carbocycles. The summed E-state index contributed by atoms with van der Waals surface area (Å²) in [6.07, 6.45) is 8.40. The van der Waals surface area contributed by atoms with Crippen molar-refractivity contribution in [2.45, 2.75) is 69.1 Å². The Morgan fingerprint density at radius 3 is 2.61 bits per heavy atom. The number of nitrogens with two attached hydrogens (primary N) is 1. The number of primary amides is 1. The molecule has 2 spiro atoms. The second-order valence-corrected chi connectivity index (χ2v) is 8.83. The summed E-state index contributed by atoms with van der Waals surface area (Å²) in [5.41, 5.74) is 5.16. The quantitative estimate of drug-likeness (QED) is 0.768. The van der Waals surface area contributed by atoms with Crippen molar-refractivity contribution in [2.24, 2.45) is 11.1 Å². The van der Waals surface area contributed by atoms with E-state index in [2.05, 4.69) is 10.3 Å². The minimum atomic E-state index is -0.630. The first-order valence-electron chi connectivity index (χ1n) is 9.99. The van der Waals surface area contributed by atoms with Crippen LogP contribution in [0.3, 0.4) is 0 Å². The predicted molar refractivity (Wildman–Crippen MR) is 98.4 cm³/mol. The Balaban J connectivity index is 1.18. The van der Waals surface area contributed by atoms with Gasteiger partial charge in [0.25, 0.3) is 11.8 Å². The molecule has 0 bridgehead atoms. The maximum Gasteiger partial charge on any atom is 0.325 e. The standard InChI is InChI=1S/C20H24N4O4/c21-15(25)14-4-3-7-22-16(14)28-13-10-19(11-13)8-12(9-19)24-17(26)20(23-18(24)27)5-1-2-6-20/h3-4,7,12-13H,1-2,5-6,8-11H2,(H2,21,25)(H,23,27)/t12-,13-,19?. The fourth-order valence-electron chi connectivity index (χ4n) is 5.57. The molecule has 8 nitrogen and oxygen atoms in total. The van der Waals surface area contributed by atoms with Crippen molar-refractivity contribution in [3.63, 3.8) is 0 Å². The summed E-state index contributed by atoms with van der Waals surface area (Å²) >= 11 is 0. The molecule has 8 heteroatoms. The van der Waals surface area contributed by atoms with Gasteiger partial charge in [0.2, 0.25) is 5.88 Å². The Morgan fingerprint density at radius 1 is 1.21 bits per heavy atom. The van der Waals surface area contributed by atoms with Crippen LogP contribution in [0.15, 0.2) is 18.3 Å². The van der Waals surface area contributed by atoms with Crippen molar-refractivity contribution in [3.8, 4) is 5.88 Å². The summed E-state index contributed by atoms with van der Waals surface area (Å²) in [4.78, 5) is 42.4. The van der Waals surface area contributed by atoms with Crippen LogP contribution in [-0.4, -0.2) is 45.4 Å². The number of urea groups is 1. The minimum absolute atomic E-state index is 0.00976. The van der Waals surface area contributed by atoms with E-state index in [0.717, 1.165) is 51.4 Å². The minimum Gasteiger partial charge on any atom is -0.474 e. The van der Waals surface area contributed by atoms with Crippen LogP contribution in [0.4, 0.5) is 4.79 Å². The van der Waals surface area contributed by atoms with Crippen LogP contribution in [0.1, 0.15) is 61.7 Å². The first-order valence-corrected chi connectivity index (χ1v) is 9.99. The van der Waals surface area contributed by atoms with Crippen LogP contribution in [0.25, 0.3) is 0 Å². The molecule has 3 saturated carbocycles. The number of hydrogen-bond acceptors (Lipinski definition) is 5. The summed E-state index contributed by atoms with van der Waals surface area (Å²) in [7, 11) is 0. The predicted octanol–water partition coefficient (Wildman–Crippen LogP) is 1.74. The van der Waals surface area contributed by atoms with Gasteiger partial charge in [-0.3, -0.25) is 14.5 Å². The van der Waals surface area contributed by atoms with Crippen molar-refractivity contribution >= 4 is 17.8 Å². The Kier molecular flexibility index (Phi) is 3.70. The van der Waals surface area contributed by atoms with Gasteiger partial charge >= 0.3 is 6.03 Å². The summed E-state index contributed by atoms with van der Waals surface area (Å²) < 4.78 is 5.88. The number of rotatable bonds is 4. The van der Waals surface area contributed by atoms with Crippen LogP contribution >= 0.6 is 0 Å². The molecule has 0 atom stereocenters. The summed E-state index contributed by atoms with van der Waals surface area (Å²) in [6.45, 7) is 0. The number of ether oxygens (including phenoxy) is 1. The summed E-state index contributed by atoms with van der Waals surface area (Å²) in [5, 5.41) is 2.96. The third-order valence-corrected chi connectivity index (χ3v) is 6.99. The number of nitrogens with one attached hydrogen (secondary N) is 1. The average Bonchev–Trinajstić information content (AvgIpc) is 3.15. The van der Waals surface area contributed by atoms with E-state index in [1.165, 1.54) is 4.90 Å². The topological polar surface area (TPSA) is 115 Å². The Morgan fingerprint density at radius 2 is 1.93 bits per heavy atom. The lowest BCUT2D eigenvalue weighted by Crippen LogP contribution is -2.60. The highest BCUT2D eigenvalue weighted by molar-refractivity contribution is 6.07. The van der Waals surface area contributed by atoms with E-state index < -0.39 is 11.4 Å². The highest BCUT2D eigenvalue weighted by Crippen LogP contribution is 2.58. The van der Waals surface area contributed by atoms with Gasteiger partial charge in [0.05, 0.1) is 0 Å². The fraction of sp³-hybridized carbons (Fsp3) is 0.600. The van der Waals surface area contributed by atoms with Crippen molar-refractivity contribution in [2.75, 3.05) is 0 Å². The van der Waals surface area contributed by atoms with Gasteiger partial charge in [-0.1, -0.05) is 12.8 Å². The summed E-state index contributed by atoms with van der Waals surface area (Å²) in [5.74, 6) is -0.301. The zero-order valence-electron chi connectivity index (χ0n) is 15.6. The number of imide groups is 1. The molecule has 0 unspecified atom stereocenters. The monoisotopic (exact) mass is 384 g/mol. The van der Waals surface area contributed by atoms with E-state index in [9.17, 15) is 14.4 Å². The molecule has 4 amide bonds. The smallest absolute Gasteiger partial charge is 0.325 e. The Labute approximate surface area is 162 Å². The van der Waals surface area contributed by atoms with Crippen molar-refractivity contribution in [3.05, 3.63) is 23.9 Å². The van der Waals surface area contributed by atoms with Crippen LogP contribution in [0.5, 0.6) is 5.88 Å². The number of aromatic nitrogens is 1. The highest BCUT2D eigenvalue weighted by Gasteiger charge is 2.61. The molecular weight excluding hydrogens is 360 g/mol. The first-order chi connectivity index (χ1) is 13.4. The highest BCUT2D eigenvalue weighted by atomic mass is 16.5. The third-order valence-electron chi connectivity index (χ3n) is 6.99. The molecule has 2 heterocycles. The fourth-order valence-corrected chi connectivity index (χ4v) is 5.57. The van der Waals surface area contributed by atoms with E-state index in [1.807, 2.05) is 0 Å². The zero-order chi connectivity index (χ0) is 19.5. The first kappa shape index (κ1) is 17.5. The van der Waals surface area contributed by atoms with Crippen molar-refractivity contribution in [1.29, 1.82) is 0 Å². The normalized spacial score (nSPS) is 32.9. The maximum absolute atomic E-state index is 12.9. The number of hydrogen-bond donors (Lipinski definition) is 2. The van der Waals surface area contributed by atoms with Gasteiger partial charge in [-0.2, -0.15) is 0 Å². The van der Waals surface area contributed by atoms with Gasteiger partial charge in [0.1, 0.15) is 17.2 Å². The number of carbonyl (C=O) groups excluding carboxylic acids is 3. The van der Waals surface area contributed by atoms with Crippen LogP contribution in [-0.2, 0) is 4.79 Å². The van der Waals surface area contributed by atoms with E-state index in [4.69, 9.17) is 10.5 Å². The zero-order valence-corrected chi connectivity index (χ0v) is 15.6. The van der Waals surface area contributed by atoms with Gasteiger partial charge in [0.15, 0.2) is 0 Å². The Bertz CT molecular complexity index is 850. The molecule has 0 aromatic carbocycles. The van der Waals surface area contributed by atoms with E-state index in [-0.39, 0.29) is 40.9 Å². The van der Waals surface area contributed by atoms with E-state index >= 15 is 0 Å². The van der Waals surface area contributed by atoms with Crippen LogP contribution in [0.2, 0.25) is 0 Å². The van der Waals surface area contributed by atoms with Gasteiger partial charge < -0.3 is 15.8 Å². The molecule has 4 aliphatic rings. The lowest BCUT2D eigenvalue weighted by atomic mass is 9.52. The molecule has 1 saturated heterocycles. The lowest BCUT2D eigenvalue weighted by Gasteiger charge is -2.58. The number of amides is 4. The summed E-state index contributed by atoms with van der Waals surface area (Å²) in [6, 6.07) is 3.03. The molecule has 3 N–H and O–H groups in total. The molecule has 4 fully saturated rings. The van der Waals surface area contributed by atoms with Gasteiger partial charge in [-0.15, -0.1) is 0 Å². The van der Waals surface area contributed by atoms with Crippen molar-refractivity contribution < 1.29 is 19.1 Å². The second kappa shape index (κ2) is 5.93.